The molecule has 0 aliphatic rings. The summed E-state index contributed by atoms with van der Waals surface area (Å²) >= 11 is 0. The topological polar surface area (TPSA) is 145 Å². The van der Waals surface area contributed by atoms with E-state index in [0.717, 1.165) is 0 Å². The third kappa shape index (κ3) is 5.38. The van der Waals surface area contributed by atoms with E-state index in [9.17, 15) is 18.0 Å². The molecular weight excluding hydrogens is 530 g/mol. The number of aromatic nitrogens is 2. The number of carbonyl (C=O) groups is 2. The van der Waals surface area contributed by atoms with Gasteiger partial charge in [0.25, 0.3) is 11.8 Å². The Labute approximate surface area is 226 Å². The summed E-state index contributed by atoms with van der Waals surface area (Å²) in [4.78, 5) is 34.1. The van der Waals surface area contributed by atoms with E-state index >= 15 is 0 Å². The van der Waals surface area contributed by atoms with E-state index in [1.54, 1.807) is 45.3 Å². The molecule has 2 heterocycles. The van der Waals surface area contributed by atoms with Crippen LogP contribution in [0.3, 0.4) is 0 Å². The van der Waals surface area contributed by atoms with Crippen molar-refractivity contribution < 1.29 is 22.7 Å². The summed E-state index contributed by atoms with van der Waals surface area (Å²) in [6.45, 7) is 1.72. The van der Waals surface area contributed by atoms with Gasteiger partial charge in [0.15, 0.2) is 0 Å². The number of nitrogens with zero attached hydrogens (tertiary/aromatic N) is 3. The number of aryl methyl sites for hydroxylation is 1. The number of nitrogens with one attached hydrogen (secondary N) is 1. The Morgan fingerprint density at radius 1 is 1.03 bits per heavy atom. The van der Waals surface area contributed by atoms with E-state index in [2.05, 4.69) is 15.3 Å². The number of sulfone groups is 1. The van der Waals surface area contributed by atoms with Crippen molar-refractivity contribution in [1.29, 1.82) is 0 Å². The Kier molecular flexibility index (Phi) is 8.23. The molecule has 4 aromatic rings. The Hall–Kier alpha value is -4.22. The molecule has 3 N–H and O–H groups in total. The van der Waals surface area contributed by atoms with Gasteiger partial charge < -0.3 is 20.7 Å². The van der Waals surface area contributed by atoms with E-state index in [1.807, 2.05) is 0 Å². The maximum Gasteiger partial charge on any atom is 0.254 e. The average molecular weight is 556 g/mol. The van der Waals surface area contributed by atoms with E-state index in [1.165, 1.54) is 48.8 Å². The smallest absolute Gasteiger partial charge is 0.254 e. The van der Waals surface area contributed by atoms with Crippen molar-refractivity contribution in [1.82, 2.24) is 14.9 Å². The number of halogens is 1. The number of hydrogen-bond donors (Lipinski definition) is 2. The number of ether oxygens (including phenoxy) is 1. The first-order chi connectivity index (χ1) is 17.5. The molecule has 0 fully saturated rings. The molecule has 0 saturated heterocycles. The van der Waals surface area contributed by atoms with Crippen LogP contribution in [-0.4, -0.2) is 56.3 Å². The second kappa shape index (κ2) is 11.0. The van der Waals surface area contributed by atoms with Crippen molar-refractivity contribution in [2.75, 3.05) is 26.5 Å². The predicted molar refractivity (Wildman–Crippen MR) is 146 cm³/mol. The SMILES string of the molecule is COc1cccc(Nc2c(C(N)=O)cnc3c(C)cc(S(=O)(=O)c4cncc(C(=O)N(C)C)c4)cc23)c1.Cl. The van der Waals surface area contributed by atoms with Crippen LogP contribution in [0.4, 0.5) is 11.4 Å². The molecule has 2 amide bonds. The molecule has 0 atom stereocenters. The van der Waals surface area contributed by atoms with Crippen LogP contribution in [0.15, 0.2) is 70.8 Å². The lowest BCUT2D eigenvalue weighted by molar-refractivity contribution is 0.0826. The van der Waals surface area contributed by atoms with Crippen molar-refractivity contribution >= 4 is 56.3 Å². The molecule has 10 nitrogen and oxygen atoms in total. The Bertz CT molecular complexity index is 1660. The van der Waals surface area contributed by atoms with Gasteiger partial charge >= 0.3 is 0 Å². The number of nitrogens with two attached hydrogens (primary N) is 1. The fraction of sp³-hybridized carbons (Fsp3) is 0.154. The van der Waals surface area contributed by atoms with Gasteiger partial charge in [-0.15, -0.1) is 12.4 Å². The van der Waals surface area contributed by atoms with Gasteiger partial charge in [-0.2, -0.15) is 0 Å². The third-order valence-electron chi connectivity index (χ3n) is 5.73. The molecule has 0 spiro atoms. The molecule has 198 valence electrons. The molecule has 2 aromatic heterocycles. The van der Waals surface area contributed by atoms with Crippen molar-refractivity contribution in [3.8, 4) is 5.75 Å². The summed E-state index contributed by atoms with van der Waals surface area (Å²) in [5.74, 6) is -0.521. The van der Waals surface area contributed by atoms with Gasteiger partial charge in [-0.1, -0.05) is 6.07 Å². The fourth-order valence-corrected chi connectivity index (χ4v) is 5.20. The molecule has 38 heavy (non-hydrogen) atoms. The maximum atomic E-state index is 13.6. The van der Waals surface area contributed by atoms with Crippen LogP contribution in [0.1, 0.15) is 26.3 Å². The molecule has 0 bridgehead atoms. The van der Waals surface area contributed by atoms with Gasteiger partial charge in [-0.05, 0) is 42.8 Å². The minimum Gasteiger partial charge on any atom is -0.497 e. The summed E-state index contributed by atoms with van der Waals surface area (Å²) < 4.78 is 32.5. The highest BCUT2D eigenvalue weighted by molar-refractivity contribution is 7.91. The lowest BCUT2D eigenvalue weighted by Gasteiger charge is -2.16. The van der Waals surface area contributed by atoms with Crippen LogP contribution in [-0.2, 0) is 9.84 Å². The monoisotopic (exact) mass is 555 g/mol. The minimum atomic E-state index is -4.09. The predicted octanol–water partition coefficient (Wildman–Crippen LogP) is 3.75. The lowest BCUT2D eigenvalue weighted by Crippen LogP contribution is -2.22. The molecule has 12 heteroatoms. The van der Waals surface area contributed by atoms with Crippen LogP contribution >= 0.6 is 12.4 Å². The van der Waals surface area contributed by atoms with Gasteiger partial charge in [0.2, 0.25) is 9.84 Å². The van der Waals surface area contributed by atoms with Gasteiger partial charge in [-0.25, -0.2) is 8.42 Å². The summed E-state index contributed by atoms with van der Waals surface area (Å²) in [7, 11) is 0.573. The van der Waals surface area contributed by atoms with Crippen molar-refractivity contribution in [2.45, 2.75) is 16.7 Å². The number of amides is 2. The molecule has 0 aliphatic carbocycles. The number of fused-ring (bicyclic) bond motifs is 1. The van der Waals surface area contributed by atoms with Crippen molar-refractivity contribution in [3.63, 3.8) is 0 Å². The van der Waals surface area contributed by atoms with Gasteiger partial charge in [0, 0.05) is 49.8 Å². The third-order valence-corrected chi connectivity index (χ3v) is 7.43. The number of rotatable bonds is 7. The van der Waals surface area contributed by atoms with Crippen LogP contribution in [0.5, 0.6) is 5.75 Å². The van der Waals surface area contributed by atoms with Crippen LogP contribution in [0, 0.1) is 6.92 Å². The zero-order valence-electron chi connectivity index (χ0n) is 21.1. The summed E-state index contributed by atoms with van der Waals surface area (Å²) in [5.41, 5.74) is 7.82. The Morgan fingerprint density at radius 2 is 1.76 bits per heavy atom. The quantitative estimate of drug-likeness (QED) is 0.351. The number of pyridine rings is 2. The summed E-state index contributed by atoms with van der Waals surface area (Å²) in [6, 6.07) is 11.2. The molecule has 0 saturated carbocycles. The van der Waals surface area contributed by atoms with Crippen molar-refractivity contribution in [2.24, 2.45) is 5.73 Å². The molecule has 0 aliphatic heterocycles. The highest BCUT2D eigenvalue weighted by Gasteiger charge is 2.24. The van der Waals surface area contributed by atoms with E-state index < -0.39 is 15.7 Å². The normalized spacial score (nSPS) is 10.9. The number of carbonyl (C=O) groups excluding carboxylic acids is 2. The number of hydrogen-bond acceptors (Lipinski definition) is 8. The molecule has 4 rings (SSSR count). The van der Waals surface area contributed by atoms with Crippen LogP contribution in [0.2, 0.25) is 0 Å². The minimum absolute atomic E-state index is 0. The lowest BCUT2D eigenvalue weighted by atomic mass is 10.1. The Morgan fingerprint density at radius 3 is 2.42 bits per heavy atom. The number of benzene rings is 2. The van der Waals surface area contributed by atoms with Gasteiger partial charge in [0.05, 0.1) is 39.2 Å². The van der Waals surface area contributed by atoms with E-state index in [0.29, 0.717) is 33.6 Å². The number of primary amides is 1. The fourth-order valence-electron chi connectivity index (χ4n) is 3.85. The standard InChI is InChI=1S/C26H25N5O5S.ClH/c1-15-8-19(37(34,35)20-9-16(12-28-13-20)26(33)31(2)3)11-21-23(15)29-14-22(25(27)32)24(21)30-17-6-5-7-18(10-17)36-4;/h5-14H,1-4H3,(H2,27,32)(H,29,30);1H. The van der Waals surface area contributed by atoms with Crippen LogP contribution < -0.4 is 15.8 Å². The molecule has 0 radical (unpaired) electrons. The number of anilines is 2. The zero-order valence-corrected chi connectivity index (χ0v) is 22.7. The second-order valence-electron chi connectivity index (χ2n) is 8.52. The average Bonchev–Trinajstić information content (AvgIpc) is 2.88. The zero-order chi connectivity index (χ0) is 26.9. The van der Waals surface area contributed by atoms with Gasteiger partial charge in [-0.3, -0.25) is 19.6 Å². The molecule has 2 aromatic carbocycles. The molecule has 0 unspecified atom stereocenters. The van der Waals surface area contributed by atoms with Crippen LogP contribution in [0.25, 0.3) is 10.9 Å². The first-order valence-corrected chi connectivity index (χ1v) is 12.6. The largest absolute Gasteiger partial charge is 0.497 e. The second-order valence-corrected chi connectivity index (χ2v) is 10.5. The van der Waals surface area contributed by atoms with E-state index in [-0.39, 0.29) is 39.2 Å². The highest BCUT2D eigenvalue weighted by atomic mass is 35.5. The first-order valence-electron chi connectivity index (χ1n) is 11.1. The Balaban J connectivity index is 0.00000400. The summed E-state index contributed by atoms with van der Waals surface area (Å²) in [6.07, 6.45) is 3.86. The highest BCUT2D eigenvalue weighted by Crippen LogP contribution is 2.34. The number of methoxy groups -OCH3 is 1. The first kappa shape index (κ1) is 28.4. The molecular formula is C26H26ClN5O5S. The van der Waals surface area contributed by atoms with Crippen molar-refractivity contribution in [3.05, 3.63) is 77.7 Å². The van der Waals surface area contributed by atoms with E-state index in [4.69, 9.17) is 10.5 Å². The van der Waals surface area contributed by atoms with Gasteiger partial charge in [0.1, 0.15) is 5.75 Å². The maximum absolute atomic E-state index is 13.6. The summed E-state index contributed by atoms with van der Waals surface area (Å²) in [5, 5.41) is 3.56.